The van der Waals surface area contributed by atoms with Gasteiger partial charge in [0.05, 0.1) is 12.3 Å². The van der Waals surface area contributed by atoms with Gasteiger partial charge < -0.3 is 9.73 Å². The monoisotopic (exact) mass is 257 g/mol. The van der Waals surface area contributed by atoms with Gasteiger partial charge in [0.1, 0.15) is 5.76 Å². The number of hydrogen-bond acceptors (Lipinski definition) is 2. The molecule has 2 unspecified atom stereocenters. The van der Waals surface area contributed by atoms with Gasteiger partial charge in [-0.2, -0.15) is 0 Å². The van der Waals surface area contributed by atoms with E-state index in [9.17, 15) is 0 Å². The Bertz CT molecular complexity index is 461. The third-order valence-electron chi connectivity index (χ3n) is 3.50. The van der Waals surface area contributed by atoms with Crippen LogP contribution in [0.2, 0.25) is 0 Å². The van der Waals surface area contributed by atoms with E-state index < -0.39 is 0 Å². The molecule has 0 spiro atoms. The van der Waals surface area contributed by atoms with E-state index in [1.54, 1.807) is 6.26 Å². The topological polar surface area (TPSA) is 25.2 Å². The van der Waals surface area contributed by atoms with Crippen molar-refractivity contribution >= 4 is 0 Å². The van der Waals surface area contributed by atoms with Crippen LogP contribution >= 0.6 is 0 Å². The van der Waals surface area contributed by atoms with Crippen molar-refractivity contribution in [1.82, 2.24) is 5.32 Å². The summed E-state index contributed by atoms with van der Waals surface area (Å²) in [6, 6.07) is 15.2. The van der Waals surface area contributed by atoms with Crippen molar-refractivity contribution in [2.45, 2.75) is 39.3 Å². The molecular weight excluding hydrogens is 234 g/mol. The minimum Gasteiger partial charge on any atom is -0.468 e. The lowest BCUT2D eigenvalue weighted by Crippen LogP contribution is -2.29. The first-order chi connectivity index (χ1) is 9.22. The van der Waals surface area contributed by atoms with Crippen molar-refractivity contribution in [3.63, 3.8) is 0 Å². The fourth-order valence-corrected chi connectivity index (χ4v) is 2.44. The molecule has 0 radical (unpaired) electrons. The van der Waals surface area contributed by atoms with E-state index in [-0.39, 0.29) is 6.04 Å². The van der Waals surface area contributed by atoms with E-state index in [1.165, 1.54) is 5.56 Å². The first-order valence-corrected chi connectivity index (χ1v) is 7.06. The van der Waals surface area contributed by atoms with Crippen LogP contribution < -0.4 is 5.32 Å². The van der Waals surface area contributed by atoms with Gasteiger partial charge in [0, 0.05) is 6.04 Å². The lowest BCUT2D eigenvalue weighted by atomic mass is 9.94. The molecule has 0 bridgehead atoms. The first kappa shape index (κ1) is 13.9. The van der Waals surface area contributed by atoms with Gasteiger partial charge in [-0.05, 0) is 30.0 Å². The van der Waals surface area contributed by atoms with Crippen LogP contribution in [0.25, 0.3) is 0 Å². The molecular formula is C17H23NO. The summed E-state index contributed by atoms with van der Waals surface area (Å²) in [6.45, 7) is 6.68. The molecule has 1 aromatic heterocycles. The van der Waals surface area contributed by atoms with E-state index in [0.717, 1.165) is 12.2 Å². The van der Waals surface area contributed by atoms with E-state index in [4.69, 9.17) is 4.42 Å². The third kappa shape index (κ3) is 3.48. The summed E-state index contributed by atoms with van der Waals surface area (Å²) in [7, 11) is 0. The SMILES string of the molecule is CCC(NC(c1ccccc1)C(C)C)c1ccco1. The average molecular weight is 257 g/mol. The molecule has 2 aromatic rings. The van der Waals surface area contributed by atoms with Crippen LogP contribution in [-0.2, 0) is 0 Å². The van der Waals surface area contributed by atoms with E-state index in [1.807, 2.05) is 12.1 Å². The van der Waals surface area contributed by atoms with Gasteiger partial charge in [-0.3, -0.25) is 0 Å². The Morgan fingerprint density at radius 1 is 1.05 bits per heavy atom. The summed E-state index contributed by atoms with van der Waals surface area (Å²) in [6.07, 6.45) is 2.76. The number of furan rings is 1. The molecule has 0 amide bonds. The van der Waals surface area contributed by atoms with Crippen LogP contribution in [0.1, 0.15) is 50.6 Å². The Kier molecular flexibility index (Phi) is 4.80. The Labute approximate surface area is 115 Å². The molecule has 102 valence electrons. The highest BCUT2D eigenvalue weighted by Gasteiger charge is 2.21. The molecule has 0 fully saturated rings. The van der Waals surface area contributed by atoms with Crippen LogP contribution in [0.5, 0.6) is 0 Å². The minimum absolute atomic E-state index is 0.266. The second kappa shape index (κ2) is 6.58. The summed E-state index contributed by atoms with van der Waals surface area (Å²) in [5.74, 6) is 1.55. The quantitative estimate of drug-likeness (QED) is 0.810. The zero-order chi connectivity index (χ0) is 13.7. The van der Waals surface area contributed by atoms with E-state index >= 15 is 0 Å². The van der Waals surface area contributed by atoms with Gasteiger partial charge >= 0.3 is 0 Å². The molecule has 1 heterocycles. The lowest BCUT2D eigenvalue weighted by Gasteiger charge is -2.27. The summed E-state index contributed by atoms with van der Waals surface area (Å²) in [5.41, 5.74) is 1.34. The number of hydrogen-bond donors (Lipinski definition) is 1. The summed E-state index contributed by atoms with van der Waals surface area (Å²) in [4.78, 5) is 0. The predicted octanol–water partition coefficient (Wildman–Crippen LogP) is 4.72. The standard InChI is InChI=1S/C17H23NO/c1-4-15(16-11-8-12-19-16)18-17(13(2)3)14-9-6-5-7-10-14/h5-13,15,17-18H,4H2,1-3H3. The largest absolute Gasteiger partial charge is 0.468 e. The highest BCUT2D eigenvalue weighted by molar-refractivity contribution is 5.20. The van der Waals surface area contributed by atoms with Crippen molar-refractivity contribution in [2.75, 3.05) is 0 Å². The molecule has 2 heteroatoms. The van der Waals surface area contributed by atoms with Crippen LogP contribution in [0.15, 0.2) is 53.1 Å². The van der Waals surface area contributed by atoms with Crippen molar-refractivity contribution in [3.05, 3.63) is 60.1 Å². The molecule has 1 aromatic carbocycles. The second-order valence-electron chi connectivity index (χ2n) is 5.28. The van der Waals surface area contributed by atoms with Gasteiger partial charge in [-0.25, -0.2) is 0 Å². The van der Waals surface area contributed by atoms with E-state index in [2.05, 4.69) is 56.4 Å². The highest BCUT2D eigenvalue weighted by Crippen LogP contribution is 2.27. The molecule has 19 heavy (non-hydrogen) atoms. The minimum atomic E-state index is 0.266. The van der Waals surface area contributed by atoms with Crippen molar-refractivity contribution < 1.29 is 4.42 Å². The smallest absolute Gasteiger partial charge is 0.120 e. The van der Waals surface area contributed by atoms with Crippen LogP contribution in [0.4, 0.5) is 0 Å². The Balaban J connectivity index is 2.17. The van der Waals surface area contributed by atoms with Crippen molar-refractivity contribution in [2.24, 2.45) is 5.92 Å². The van der Waals surface area contributed by atoms with Gasteiger partial charge in [-0.1, -0.05) is 51.1 Å². The average Bonchev–Trinajstić information content (AvgIpc) is 2.94. The molecule has 2 atom stereocenters. The zero-order valence-corrected chi connectivity index (χ0v) is 12.0. The maximum absolute atomic E-state index is 5.54. The van der Waals surface area contributed by atoms with E-state index in [0.29, 0.717) is 12.0 Å². The molecule has 0 aliphatic heterocycles. The lowest BCUT2D eigenvalue weighted by molar-refractivity contribution is 0.321. The van der Waals surface area contributed by atoms with Crippen LogP contribution in [0.3, 0.4) is 0 Å². The van der Waals surface area contributed by atoms with Crippen molar-refractivity contribution in [1.29, 1.82) is 0 Å². The molecule has 0 saturated carbocycles. The number of benzene rings is 1. The summed E-state index contributed by atoms with van der Waals surface area (Å²) in [5, 5.41) is 3.73. The fraction of sp³-hybridized carbons (Fsp3) is 0.412. The molecule has 2 nitrogen and oxygen atoms in total. The zero-order valence-electron chi connectivity index (χ0n) is 12.0. The Morgan fingerprint density at radius 2 is 1.79 bits per heavy atom. The van der Waals surface area contributed by atoms with Gasteiger partial charge in [0.15, 0.2) is 0 Å². The maximum atomic E-state index is 5.54. The Morgan fingerprint density at radius 3 is 2.32 bits per heavy atom. The maximum Gasteiger partial charge on any atom is 0.120 e. The second-order valence-corrected chi connectivity index (χ2v) is 5.28. The third-order valence-corrected chi connectivity index (χ3v) is 3.50. The molecule has 1 N–H and O–H groups in total. The van der Waals surface area contributed by atoms with Crippen LogP contribution in [0, 0.1) is 5.92 Å². The normalized spacial score (nSPS) is 14.5. The number of nitrogens with one attached hydrogen (secondary N) is 1. The van der Waals surface area contributed by atoms with Gasteiger partial charge in [0.2, 0.25) is 0 Å². The van der Waals surface area contributed by atoms with Crippen molar-refractivity contribution in [3.8, 4) is 0 Å². The molecule has 0 aliphatic carbocycles. The molecule has 0 aliphatic rings. The molecule has 2 rings (SSSR count). The van der Waals surface area contributed by atoms with Gasteiger partial charge in [-0.15, -0.1) is 0 Å². The summed E-state index contributed by atoms with van der Waals surface area (Å²) < 4.78 is 5.54. The predicted molar refractivity (Wildman–Crippen MR) is 78.9 cm³/mol. The van der Waals surface area contributed by atoms with Gasteiger partial charge in [0.25, 0.3) is 0 Å². The fourth-order valence-electron chi connectivity index (χ4n) is 2.44. The van der Waals surface area contributed by atoms with Crippen LogP contribution in [-0.4, -0.2) is 0 Å². The summed E-state index contributed by atoms with van der Waals surface area (Å²) >= 11 is 0. The molecule has 0 saturated heterocycles. The Hall–Kier alpha value is -1.54. The first-order valence-electron chi connectivity index (χ1n) is 7.06. The highest BCUT2D eigenvalue weighted by atomic mass is 16.3. The number of rotatable bonds is 6.